The van der Waals surface area contributed by atoms with Crippen molar-refractivity contribution in [1.29, 1.82) is 0 Å². The first kappa shape index (κ1) is 16.2. The van der Waals surface area contributed by atoms with Crippen molar-refractivity contribution < 1.29 is 9.84 Å². The number of nitrogens with one attached hydrogen (secondary N) is 1. The maximum atomic E-state index is 9.67. The first-order chi connectivity index (χ1) is 9.68. The van der Waals surface area contributed by atoms with Crippen molar-refractivity contribution >= 4 is 0 Å². The standard InChI is InChI=1S/C16H32N2O2/c1-3-9-17-16(2,13-19)8-10-18-11-12-20-15-7-5-4-6-14(15)18/h14-15,17,19H,3-13H2,1-2H3. The molecule has 1 aliphatic carbocycles. The third-order valence-electron chi connectivity index (χ3n) is 4.95. The van der Waals surface area contributed by atoms with Crippen molar-refractivity contribution in [3.63, 3.8) is 0 Å². The summed E-state index contributed by atoms with van der Waals surface area (Å²) in [5, 5.41) is 13.2. The normalized spacial score (nSPS) is 30.8. The van der Waals surface area contributed by atoms with Gasteiger partial charge in [-0.2, -0.15) is 0 Å². The summed E-state index contributed by atoms with van der Waals surface area (Å²) in [6.07, 6.45) is 7.75. The maximum Gasteiger partial charge on any atom is 0.0730 e. The fourth-order valence-corrected chi connectivity index (χ4v) is 3.49. The average Bonchev–Trinajstić information content (AvgIpc) is 2.51. The van der Waals surface area contributed by atoms with E-state index in [1.807, 2.05) is 0 Å². The van der Waals surface area contributed by atoms with Gasteiger partial charge in [-0.15, -0.1) is 0 Å². The van der Waals surface area contributed by atoms with Crippen LogP contribution in [0.3, 0.4) is 0 Å². The Morgan fingerprint density at radius 1 is 1.35 bits per heavy atom. The van der Waals surface area contributed by atoms with Crippen molar-refractivity contribution in [1.82, 2.24) is 10.2 Å². The molecule has 3 atom stereocenters. The van der Waals surface area contributed by atoms with E-state index >= 15 is 0 Å². The monoisotopic (exact) mass is 284 g/mol. The van der Waals surface area contributed by atoms with Crippen LogP contribution in [0.5, 0.6) is 0 Å². The van der Waals surface area contributed by atoms with Crippen LogP contribution in [0, 0.1) is 0 Å². The SMILES string of the molecule is CCCNC(C)(CO)CCN1CCOC2CCCCC21. The van der Waals surface area contributed by atoms with E-state index in [4.69, 9.17) is 4.74 Å². The van der Waals surface area contributed by atoms with Gasteiger partial charge in [0.2, 0.25) is 0 Å². The zero-order valence-corrected chi connectivity index (χ0v) is 13.2. The quantitative estimate of drug-likeness (QED) is 0.748. The second kappa shape index (κ2) is 7.74. The lowest BCUT2D eigenvalue weighted by Crippen LogP contribution is -2.55. The molecule has 20 heavy (non-hydrogen) atoms. The van der Waals surface area contributed by atoms with Gasteiger partial charge >= 0.3 is 0 Å². The Balaban J connectivity index is 1.84. The minimum Gasteiger partial charge on any atom is -0.394 e. The summed E-state index contributed by atoms with van der Waals surface area (Å²) in [6, 6.07) is 0.617. The minimum absolute atomic E-state index is 0.140. The summed E-state index contributed by atoms with van der Waals surface area (Å²) < 4.78 is 5.93. The van der Waals surface area contributed by atoms with E-state index in [2.05, 4.69) is 24.1 Å². The Labute approximate surface area is 123 Å². The molecule has 1 heterocycles. The lowest BCUT2D eigenvalue weighted by molar-refractivity contribution is -0.0901. The number of ether oxygens (including phenoxy) is 1. The molecule has 1 saturated carbocycles. The van der Waals surface area contributed by atoms with E-state index in [0.29, 0.717) is 12.1 Å². The molecule has 118 valence electrons. The number of nitrogens with zero attached hydrogens (tertiary/aromatic N) is 1. The molecule has 0 aromatic carbocycles. The van der Waals surface area contributed by atoms with Crippen molar-refractivity contribution in [3.8, 4) is 0 Å². The highest BCUT2D eigenvalue weighted by Crippen LogP contribution is 2.29. The topological polar surface area (TPSA) is 44.7 Å². The van der Waals surface area contributed by atoms with Crippen LogP contribution in [0.1, 0.15) is 52.4 Å². The van der Waals surface area contributed by atoms with Crippen molar-refractivity contribution in [2.45, 2.75) is 70.1 Å². The number of morpholine rings is 1. The molecule has 0 radical (unpaired) electrons. The third-order valence-corrected chi connectivity index (χ3v) is 4.95. The van der Waals surface area contributed by atoms with Gasteiger partial charge in [0.1, 0.15) is 0 Å². The first-order valence-corrected chi connectivity index (χ1v) is 8.40. The number of hydrogen-bond acceptors (Lipinski definition) is 4. The van der Waals surface area contributed by atoms with Gasteiger partial charge in [0.05, 0.1) is 19.3 Å². The van der Waals surface area contributed by atoms with E-state index in [-0.39, 0.29) is 12.1 Å². The van der Waals surface area contributed by atoms with Crippen molar-refractivity contribution in [2.75, 3.05) is 32.8 Å². The number of fused-ring (bicyclic) bond motifs is 1. The molecule has 1 saturated heterocycles. The summed E-state index contributed by atoms with van der Waals surface area (Å²) in [5.41, 5.74) is -0.140. The molecule has 0 amide bonds. The van der Waals surface area contributed by atoms with Gasteiger partial charge in [-0.25, -0.2) is 0 Å². The molecule has 0 aromatic rings. The first-order valence-electron chi connectivity index (χ1n) is 8.40. The molecule has 2 aliphatic rings. The highest BCUT2D eigenvalue weighted by molar-refractivity contribution is 4.90. The Hall–Kier alpha value is -0.160. The number of aliphatic hydroxyl groups is 1. The second-order valence-electron chi connectivity index (χ2n) is 6.69. The fraction of sp³-hybridized carbons (Fsp3) is 1.00. The van der Waals surface area contributed by atoms with E-state index in [1.165, 1.54) is 25.7 Å². The highest BCUT2D eigenvalue weighted by Gasteiger charge is 2.35. The van der Waals surface area contributed by atoms with Gasteiger partial charge in [-0.1, -0.05) is 19.8 Å². The molecule has 2 fully saturated rings. The summed E-state index contributed by atoms with van der Waals surface area (Å²) in [6.45, 7) is 8.49. The molecule has 2 N–H and O–H groups in total. The van der Waals surface area contributed by atoms with Crippen LogP contribution in [0.2, 0.25) is 0 Å². The van der Waals surface area contributed by atoms with Gasteiger partial charge in [-0.3, -0.25) is 4.90 Å². The summed E-state index contributed by atoms with van der Waals surface area (Å²) >= 11 is 0. The lowest BCUT2D eigenvalue weighted by atomic mass is 9.89. The molecule has 1 aliphatic heterocycles. The molecule has 0 spiro atoms. The predicted molar refractivity (Wildman–Crippen MR) is 82.0 cm³/mol. The van der Waals surface area contributed by atoms with E-state index < -0.39 is 0 Å². The number of aliphatic hydroxyl groups excluding tert-OH is 1. The lowest BCUT2D eigenvalue weighted by Gasteiger charge is -2.45. The predicted octanol–water partition coefficient (Wildman–Crippen LogP) is 1.77. The summed E-state index contributed by atoms with van der Waals surface area (Å²) in [7, 11) is 0. The third kappa shape index (κ3) is 4.17. The Kier molecular flexibility index (Phi) is 6.27. The zero-order chi connectivity index (χ0) is 14.4. The smallest absolute Gasteiger partial charge is 0.0730 e. The van der Waals surface area contributed by atoms with Gasteiger partial charge in [0.25, 0.3) is 0 Å². The van der Waals surface area contributed by atoms with Crippen molar-refractivity contribution in [2.24, 2.45) is 0 Å². The van der Waals surface area contributed by atoms with E-state index in [9.17, 15) is 5.11 Å². The van der Waals surface area contributed by atoms with Crippen LogP contribution in [-0.2, 0) is 4.74 Å². The number of rotatable bonds is 7. The van der Waals surface area contributed by atoms with Crippen LogP contribution < -0.4 is 5.32 Å². The molecular formula is C16H32N2O2. The molecule has 3 unspecified atom stereocenters. The zero-order valence-electron chi connectivity index (χ0n) is 13.2. The highest BCUT2D eigenvalue weighted by atomic mass is 16.5. The Morgan fingerprint density at radius 2 is 2.15 bits per heavy atom. The van der Waals surface area contributed by atoms with Gasteiger partial charge in [-0.05, 0) is 39.2 Å². The van der Waals surface area contributed by atoms with Gasteiger partial charge in [0, 0.05) is 24.7 Å². The largest absolute Gasteiger partial charge is 0.394 e. The Morgan fingerprint density at radius 3 is 2.90 bits per heavy atom. The van der Waals surface area contributed by atoms with Crippen LogP contribution >= 0.6 is 0 Å². The van der Waals surface area contributed by atoms with Gasteiger partial charge in [0.15, 0.2) is 0 Å². The van der Waals surface area contributed by atoms with Crippen LogP contribution in [0.15, 0.2) is 0 Å². The van der Waals surface area contributed by atoms with Crippen molar-refractivity contribution in [3.05, 3.63) is 0 Å². The fourth-order valence-electron chi connectivity index (χ4n) is 3.49. The molecule has 4 heteroatoms. The molecular weight excluding hydrogens is 252 g/mol. The van der Waals surface area contributed by atoms with Gasteiger partial charge < -0.3 is 15.2 Å². The van der Waals surface area contributed by atoms with Crippen LogP contribution in [0.4, 0.5) is 0 Å². The van der Waals surface area contributed by atoms with Crippen LogP contribution in [0.25, 0.3) is 0 Å². The summed E-state index contributed by atoms with van der Waals surface area (Å²) in [5.74, 6) is 0. The second-order valence-corrected chi connectivity index (χ2v) is 6.69. The van der Waals surface area contributed by atoms with Crippen LogP contribution in [-0.4, -0.2) is 60.5 Å². The average molecular weight is 284 g/mol. The van der Waals surface area contributed by atoms with E-state index in [1.54, 1.807) is 0 Å². The Bertz CT molecular complexity index is 286. The molecule has 0 aromatic heterocycles. The van der Waals surface area contributed by atoms with E-state index in [0.717, 1.165) is 39.1 Å². The molecule has 4 nitrogen and oxygen atoms in total. The summed E-state index contributed by atoms with van der Waals surface area (Å²) in [4.78, 5) is 2.61. The number of hydrogen-bond donors (Lipinski definition) is 2. The maximum absolute atomic E-state index is 9.67. The minimum atomic E-state index is -0.140. The molecule has 0 bridgehead atoms. The molecule has 2 rings (SSSR count).